The quantitative estimate of drug-likeness (QED) is 0.336. The molecule has 6 nitrogen and oxygen atoms in total. The fourth-order valence-corrected chi connectivity index (χ4v) is 0.644. The van der Waals surface area contributed by atoms with Gasteiger partial charge in [-0.15, -0.1) is 0 Å². The van der Waals surface area contributed by atoms with Gasteiger partial charge in [-0.1, -0.05) is 0 Å². The van der Waals surface area contributed by atoms with Crippen molar-refractivity contribution < 1.29 is 14.4 Å². The minimum atomic E-state index is -0.550. The highest BCUT2D eigenvalue weighted by molar-refractivity contribution is 5.76. The van der Waals surface area contributed by atoms with Gasteiger partial charge in [0.2, 0.25) is 11.8 Å². The van der Waals surface area contributed by atoms with E-state index in [0.717, 1.165) is 0 Å². The molecule has 0 aliphatic heterocycles. The second kappa shape index (κ2) is 7.51. The summed E-state index contributed by atoms with van der Waals surface area (Å²) in [7, 11) is 0. The molecule has 0 rings (SSSR count). The average Bonchev–Trinajstić information content (AvgIpc) is 2.03. The van der Waals surface area contributed by atoms with Crippen LogP contribution in [-0.4, -0.2) is 31.5 Å². The first-order valence-corrected chi connectivity index (χ1v) is 4.06. The molecule has 0 saturated heterocycles. The maximum atomic E-state index is 10.8. The molecule has 0 aromatic rings. The molecule has 0 fully saturated rings. The first-order valence-electron chi connectivity index (χ1n) is 4.06. The number of hydroxylamine groups is 1. The van der Waals surface area contributed by atoms with E-state index in [4.69, 9.17) is 5.73 Å². The Morgan fingerprint density at radius 3 is 2.69 bits per heavy atom. The largest absolute Gasteiger partial charge is 0.368 e. The summed E-state index contributed by atoms with van der Waals surface area (Å²) >= 11 is 0. The molecule has 0 radical (unpaired) electrons. The molecule has 0 aromatic carbocycles. The van der Waals surface area contributed by atoms with Crippen LogP contribution in [0, 0.1) is 0 Å². The van der Waals surface area contributed by atoms with Crippen LogP contribution in [0.3, 0.4) is 0 Å². The van der Waals surface area contributed by atoms with Gasteiger partial charge in [0.15, 0.2) is 0 Å². The number of carbonyl (C=O) groups is 2. The Morgan fingerprint density at radius 1 is 1.46 bits per heavy atom. The van der Waals surface area contributed by atoms with Crippen LogP contribution in [0.1, 0.15) is 13.3 Å². The number of hydrogen-bond donors (Lipinski definition) is 3. The highest BCUT2D eigenvalue weighted by Crippen LogP contribution is 1.76. The second-order valence-electron chi connectivity index (χ2n) is 2.35. The predicted octanol–water partition coefficient (Wildman–Crippen LogP) is -1.48. The molecule has 0 aromatic heterocycles. The van der Waals surface area contributed by atoms with Gasteiger partial charge in [0.05, 0.1) is 0 Å². The predicted molar refractivity (Wildman–Crippen MR) is 46.4 cm³/mol. The van der Waals surface area contributed by atoms with Gasteiger partial charge in [0, 0.05) is 19.5 Å². The van der Waals surface area contributed by atoms with Crippen molar-refractivity contribution in [1.82, 2.24) is 10.8 Å². The van der Waals surface area contributed by atoms with Crippen molar-refractivity contribution in [1.29, 1.82) is 0 Å². The van der Waals surface area contributed by atoms with Gasteiger partial charge in [-0.25, -0.2) is 5.48 Å². The number of amides is 2. The van der Waals surface area contributed by atoms with Crippen molar-refractivity contribution in [3.05, 3.63) is 0 Å². The highest BCUT2D eigenvalue weighted by atomic mass is 16.6. The minimum absolute atomic E-state index is 0.0577. The summed E-state index contributed by atoms with van der Waals surface area (Å²) in [5.74, 6) is -0.608. The van der Waals surface area contributed by atoms with Gasteiger partial charge >= 0.3 is 0 Å². The zero-order valence-electron chi connectivity index (χ0n) is 7.63. The van der Waals surface area contributed by atoms with Gasteiger partial charge in [0.1, 0.15) is 6.61 Å². The molecule has 0 atom stereocenters. The van der Waals surface area contributed by atoms with E-state index in [1.54, 1.807) is 0 Å². The second-order valence-corrected chi connectivity index (χ2v) is 2.35. The molecule has 0 heterocycles. The Balaban J connectivity index is 3.16. The van der Waals surface area contributed by atoms with Crippen molar-refractivity contribution in [2.45, 2.75) is 13.3 Å². The third kappa shape index (κ3) is 8.77. The van der Waals surface area contributed by atoms with Gasteiger partial charge < -0.3 is 11.1 Å². The smallest absolute Gasteiger partial charge is 0.245 e. The Kier molecular flexibility index (Phi) is 6.85. The lowest BCUT2D eigenvalue weighted by atomic mass is 10.4. The van der Waals surface area contributed by atoms with Crippen LogP contribution in [0.15, 0.2) is 0 Å². The third-order valence-corrected chi connectivity index (χ3v) is 1.14. The number of nitrogens with two attached hydrogens (primary N) is 1. The Bertz CT molecular complexity index is 172. The van der Waals surface area contributed by atoms with E-state index in [0.29, 0.717) is 19.5 Å². The maximum absolute atomic E-state index is 10.8. The molecule has 0 saturated carbocycles. The van der Waals surface area contributed by atoms with Gasteiger partial charge in [0.25, 0.3) is 0 Å². The molecule has 2 amide bonds. The Labute approximate surface area is 76.8 Å². The van der Waals surface area contributed by atoms with Crippen molar-refractivity contribution in [3.63, 3.8) is 0 Å². The fourth-order valence-electron chi connectivity index (χ4n) is 0.644. The molecule has 4 N–H and O–H groups in total. The molecule has 0 aliphatic rings. The van der Waals surface area contributed by atoms with E-state index >= 15 is 0 Å². The lowest BCUT2D eigenvalue weighted by Gasteiger charge is -2.03. The number of carbonyl (C=O) groups excluding carboxylic acids is 2. The van der Waals surface area contributed by atoms with Gasteiger partial charge in [-0.05, 0) is 6.92 Å². The molecule has 0 unspecified atom stereocenters. The van der Waals surface area contributed by atoms with Gasteiger partial charge in [-0.3, -0.25) is 14.4 Å². The average molecular weight is 189 g/mol. The standard InChI is InChI=1S/C7H15N3O3/c1-2-9-7(12)3-4-10-13-5-6(8)11/h10H,2-5H2,1H3,(H2,8,11)(H,9,12). The van der Waals surface area contributed by atoms with Gasteiger partial charge in [-0.2, -0.15) is 0 Å². The van der Waals surface area contributed by atoms with Crippen LogP contribution in [0.5, 0.6) is 0 Å². The highest BCUT2D eigenvalue weighted by Gasteiger charge is 1.98. The number of rotatable bonds is 7. The summed E-state index contributed by atoms with van der Waals surface area (Å²) in [5, 5.41) is 2.62. The monoisotopic (exact) mass is 189 g/mol. The number of hydrogen-bond acceptors (Lipinski definition) is 4. The van der Waals surface area contributed by atoms with Crippen molar-refractivity contribution in [2.75, 3.05) is 19.7 Å². The zero-order chi connectivity index (χ0) is 10.1. The zero-order valence-corrected chi connectivity index (χ0v) is 7.63. The summed E-state index contributed by atoms with van der Waals surface area (Å²) in [6.07, 6.45) is 0.312. The summed E-state index contributed by atoms with van der Waals surface area (Å²) in [6.45, 7) is 2.63. The normalized spacial score (nSPS) is 9.62. The maximum Gasteiger partial charge on any atom is 0.245 e. The van der Waals surface area contributed by atoms with E-state index in [1.807, 2.05) is 6.92 Å². The van der Waals surface area contributed by atoms with Crippen LogP contribution in [-0.2, 0) is 14.4 Å². The molecule has 0 bridgehead atoms. The topological polar surface area (TPSA) is 93.4 Å². The van der Waals surface area contributed by atoms with Crippen LogP contribution in [0.2, 0.25) is 0 Å². The summed E-state index contributed by atoms with van der Waals surface area (Å²) in [5.41, 5.74) is 7.24. The van der Waals surface area contributed by atoms with Crippen molar-refractivity contribution in [2.24, 2.45) is 5.73 Å². The third-order valence-electron chi connectivity index (χ3n) is 1.14. The molecular formula is C7H15N3O3. The number of primary amides is 1. The van der Waals surface area contributed by atoms with Crippen molar-refractivity contribution >= 4 is 11.8 Å². The van der Waals surface area contributed by atoms with E-state index in [2.05, 4.69) is 15.6 Å². The number of nitrogens with one attached hydrogen (secondary N) is 2. The molecule has 0 spiro atoms. The van der Waals surface area contributed by atoms with E-state index in [-0.39, 0.29) is 12.5 Å². The molecule has 0 aliphatic carbocycles. The first kappa shape index (κ1) is 11.9. The molecule has 6 heteroatoms. The van der Waals surface area contributed by atoms with E-state index in [1.165, 1.54) is 0 Å². The van der Waals surface area contributed by atoms with Crippen LogP contribution in [0.4, 0.5) is 0 Å². The van der Waals surface area contributed by atoms with Crippen LogP contribution in [0.25, 0.3) is 0 Å². The van der Waals surface area contributed by atoms with E-state index < -0.39 is 5.91 Å². The molecule has 76 valence electrons. The summed E-state index contributed by atoms with van der Waals surface area (Å²) in [4.78, 5) is 25.6. The lowest BCUT2D eigenvalue weighted by molar-refractivity contribution is -0.125. The lowest BCUT2D eigenvalue weighted by Crippen LogP contribution is -2.29. The van der Waals surface area contributed by atoms with E-state index in [9.17, 15) is 9.59 Å². The Morgan fingerprint density at radius 2 is 2.15 bits per heavy atom. The summed E-state index contributed by atoms with van der Waals surface area (Å²) in [6, 6.07) is 0. The van der Waals surface area contributed by atoms with Crippen LogP contribution >= 0.6 is 0 Å². The molecular weight excluding hydrogens is 174 g/mol. The molecule has 13 heavy (non-hydrogen) atoms. The Hall–Kier alpha value is -1.14. The fraction of sp³-hybridized carbons (Fsp3) is 0.714. The minimum Gasteiger partial charge on any atom is -0.368 e. The van der Waals surface area contributed by atoms with Crippen LogP contribution < -0.4 is 16.5 Å². The SMILES string of the molecule is CCNC(=O)CCNOCC(N)=O. The van der Waals surface area contributed by atoms with Crippen molar-refractivity contribution in [3.8, 4) is 0 Å². The first-order chi connectivity index (χ1) is 6.16. The summed E-state index contributed by atoms with van der Waals surface area (Å²) < 4.78 is 0.